The van der Waals surface area contributed by atoms with E-state index in [4.69, 9.17) is 19.4 Å². The first-order chi connectivity index (χ1) is 21.9. The molecule has 3 fully saturated rings. The van der Waals surface area contributed by atoms with Gasteiger partial charge in [-0.25, -0.2) is 8.78 Å². The van der Waals surface area contributed by atoms with Gasteiger partial charge in [-0.2, -0.15) is 15.1 Å². The number of hydrogen-bond donors (Lipinski definition) is 1. The zero-order valence-corrected chi connectivity index (χ0v) is 25.5. The Morgan fingerprint density at radius 2 is 2.04 bits per heavy atom. The summed E-state index contributed by atoms with van der Waals surface area (Å²) in [4.78, 5) is 31.3. The Hall–Kier alpha value is -3.93. The van der Waals surface area contributed by atoms with Crippen molar-refractivity contribution >= 4 is 33.6 Å². The van der Waals surface area contributed by atoms with E-state index in [2.05, 4.69) is 25.0 Å². The van der Waals surface area contributed by atoms with Gasteiger partial charge in [0.15, 0.2) is 5.82 Å². The minimum atomic E-state index is -0.887. The Kier molecular flexibility index (Phi) is 7.07. The number of H-pyrrole nitrogens is 1. The van der Waals surface area contributed by atoms with Crippen LogP contribution in [0.25, 0.3) is 33.1 Å². The van der Waals surface area contributed by atoms with Crippen LogP contribution in [0.5, 0.6) is 6.01 Å². The predicted molar refractivity (Wildman–Crippen MR) is 164 cm³/mol. The zero-order valence-electron chi connectivity index (χ0n) is 25.5. The maximum atomic E-state index is 17.0. The summed E-state index contributed by atoms with van der Waals surface area (Å²) in [7, 11) is 0. The van der Waals surface area contributed by atoms with E-state index in [1.165, 1.54) is 0 Å². The maximum absolute atomic E-state index is 17.0. The van der Waals surface area contributed by atoms with Crippen molar-refractivity contribution in [2.45, 2.75) is 70.0 Å². The van der Waals surface area contributed by atoms with Gasteiger partial charge in [-0.3, -0.25) is 19.8 Å². The van der Waals surface area contributed by atoms with Gasteiger partial charge in [-0.15, -0.1) is 0 Å². The van der Waals surface area contributed by atoms with E-state index >= 15 is 4.39 Å². The van der Waals surface area contributed by atoms with Crippen molar-refractivity contribution in [2.24, 2.45) is 5.92 Å². The number of piperidine rings is 1. The number of carbonyl (C=O) groups excluding carboxylic acids is 1. The van der Waals surface area contributed by atoms with Gasteiger partial charge >= 0.3 is 12.0 Å². The lowest BCUT2D eigenvalue weighted by Gasteiger charge is -2.34. The number of aromatic amines is 1. The number of benzene rings is 1. The molecule has 12 heteroatoms. The summed E-state index contributed by atoms with van der Waals surface area (Å²) in [5.41, 5.74) is 3.19. The average Bonchev–Trinajstić information content (AvgIpc) is 3.73. The summed E-state index contributed by atoms with van der Waals surface area (Å²) in [6, 6.07) is 2.07. The van der Waals surface area contributed by atoms with Crippen LogP contribution in [0.2, 0.25) is 0 Å². The van der Waals surface area contributed by atoms with Crippen LogP contribution in [0.4, 0.5) is 14.6 Å². The Morgan fingerprint density at radius 3 is 2.96 bits per heavy atom. The predicted octanol–water partition coefficient (Wildman–Crippen LogP) is 5.07. The Morgan fingerprint density at radius 1 is 1.13 bits per heavy atom. The van der Waals surface area contributed by atoms with Gasteiger partial charge in [0.1, 0.15) is 29.8 Å². The number of carbonyl (C=O) groups is 1. The van der Waals surface area contributed by atoms with E-state index < -0.39 is 17.5 Å². The van der Waals surface area contributed by atoms with Crippen molar-refractivity contribution in [1.29, 1.82) is 0 Å². The lowest BCUT2D eigenvalue weighted by atomic mass is 9.91. The van der Waals surface area contributed by atoms with Crippen LogP contribution in [0.1, 0.15) is 56.1 Å². The highest BCUT2D eigenvalue weighted by Gasteiger charge is 2.49. The molecule has 236 valence electrons. The molecule has 0 saturated carbocycles. The van der Waals surface area contributed by atoms with Crippen LogP contribution >= 0.6 is 0 Å². The van der Waals surface area contributed by atoms with Crippen LogP contribution < -0.4 is 9.64 Å². The number of aryl methyl sites for hydroxylation is 1. The smallest absolute Gasteiger partial charge is 0.319 e. The van der Waals surface area contributed by atoms with E-state index in [1.54, 1.807) is 12.4 Å². The van der Waals surface area contributed by atoms with E-state index in [-0.39, 0.29) is 42.1 Å². The molecule has 0 spiro atoms. The molecule has 3 atom stereocenters. The number of nitrogens with zero attached hydrogens (tertiary/aromatic N) is 6. The molecule has 0 radical (unpaired) electrons. The lowest BCUT2D eigenvalue weighted by Crippen LogP contribution is -2.43. The third-order valence-corrected chi connectivity index (χ3v) is 10.3. The molecule has 0 aliphatic carbocycles. The molecule has 3 aromatic heterocycles. The number of halogens is 2. The highest BCUT2D eigenvalue weighted by molar-refractivity contribution is 5.99. The molecule has 10 nitrogen and oxygen atoms in total. The van der Waals surface area contributed by atoms with Gasteiger partial charge in [0.2, 0.25) is 0 Å². The number of alkyl halides is 1. The maximum Gasteiger partial charge on any atom is 0.319 e. The van der Waals surface area contributed by atoms with Crippen molar-refractivity contribution in [3.05, 3.63) is 35.4 Å². The fourth-order valence-corrected chi connectivity index (χ4v) is 8.10. The van der Waals surface area contributed by atoms with E-state index in [9.17, 15) is 9.18 Å². The first-order valence-electron chi connectivity index (χ1n) is 16.1. The second-order valence-corrected chi connectivity index (χ2v) is 13.2. The number of esters is 1. The summed E-state index contributed by atoms with van der Waals surface area (Å²) in [6.07, 6.45) is 7.90. The topological polar surface area (TPSA) is 109 Å². The summed E-state index contributed by atoms with van der Waals surface area (Å²) < 4.78 is 43.5. The Balaban J connectivity index is 1.29. The summed E-state index contributed by atoms with van der Waals surface area (Å²) in [5, 5.41) is 8.49. The Bertz CT molecular complexity index is 1800. The molecule has 45 heavy (non-hydrogen) atoms. The van der Waals surface area contributed by atoms with Gasteiger partial charge in [0.05, 0.1) is 29.2 Å². The van der Waals surface area contributed by atoms with Crippen LogP contribution in [-0.4, -0.2) is 87.1 Å². The van der Waals surface area contributed by atoms with Crippen LogP contribution in [-0.2, 0) is 16.0 Å². The second-order valence-electron chi connectivity index (χ2n) is 13.2. The molecule has 0 amide bonds. The molecule has 3 saturated heterocycles. The van der Waals surface area contributed by atoms with Crippen molar-refractivity contribution in [3.63, 3.8) is 0 Å². The molecule has 5 aliphatic rings. The highest BCUT2D eigenvalue weighted by Crippen LogP contribution is 2.42. The van der Waals surface area contributed by atoms with E-state index in [0.29, 0.717) is 62.3 Å². The number of hydrogen-bond acceptors (Lipinski definition) is 9. The summed E-state index contributed by atoms with van der Waals surface area (Å²) in [5.74, 6) is -0.117. The van der Waals surface area contributed by atoms with Crippen LogP contribution in [0.15, 0.2) is 18.5 Å². The third-order valence-electron chi connectivity index (χ3n) is 10.3. The average molecular weight is 618 g/mol. The first kappa shape index (κ1) is 28.5. The SMILES string of the molecule is Cc1cc2[nH]ncc2c2c1CCCC(=O)OCC1CCCN(C1)c1nc(OC[C@@]34CCCN3C[C@H](F)C4)nc3c(F)c-2ncc13. The monoisotopic (exact) mass is 617 g/mol. The minimum Gasteiger partial charge on any atom is -0.465 e. The van der Waals surface area contributed by atoms with Crippen molar-refractivity contribution in [3.8, 4) is 17.3 Å². The molecular weight excluding hydrogens is 580 g/mol. The molecule has 1 unspecified atom stereocenters. The number of anilines is 1. The normalized spacial score (nSPS) is 25.7. The van der Waals surface area contributed by atoms with Crippen molar-refractivity contribution in [2.75, 3.05) is 44.3 Å². The fraction of sp³-hybridized carbons (Fsp3) is 0.545. The highest BCUT2D eigenvalue weighted by atomic mass is 19.1. The molecule has 8 heterocycles. The number of ether oxygens (including phenoxy) is 2. The number of nitrogens with one attached hydrogen (secondary N) is 1. The van der Waals surface area contributed by atoms with Crippen LogP contribution in [0.3, 0.4) is 0 Å². The summed E-state index contributed by atoms with van der Waals surface area (Å²) >= 11 is 0. The van der Waals surface area contributed by atoms with Crippen molar-refractivity contribution < 1.29 is 23.0 Å². The molecule has 9 rings (SSSR count). The third kappa shape index (κ3) is 4.97. The van der Waals surface area contributed by atoms with Crippen LogP contribution in [0, 0.1) is 18.7 Å². The second kappa shape index (κ2) is 11.1. The molecular formula is C33H37F2N7O3. The standard InChI is InChI=1S/C33H37F2N7O3/c1-19-11-25-23(14-37-40-25)27-22(19)6-2-7-26(43)44-17-20-5-3-9-41(15-20)31-24-13-36-30(27)28(35)29(24)38-32(39-31)45-18-33-8-4-10-42(33)16-21(34)12-33/h11,13-14,20-21H,2-10,12,15-18H2,1H3,(H,37,40)/t20?,21-,33+/m1/s1. The number of pyridine rings is 1. The minimum absolute atomic E-state index is 0.0738. The molecule has 5 aliphatic heterocycles. The van der Waals surface area contributed by atoms with Crippen molar-refractivity contribution in [1.82, 2.24) is 30.0 Å². The molecule has 6 bridgehead atoms. The number of aromatic nitrogens is 5. The quantitative estimate of drug-likeness (QED) is 0.315. The first-order valence-corrected chi connectivity index (χ1v) is 16.1. The molecule has 1 aromatic carbocycles. The zero-order chi connectivity index (χ0) is 30.7. The fourth-order valence-electron chi connectivity index (χ4n) is 8.10. The molecule has 1 N–H and O–H groups in total. The summed E-state index contributed by atoms with van der Waals surface area (Å²) in [6.45, 7) is 5.11. The number of fused-ring (bicyclic) bond motifs is 8. The van der Waals surface area contributed by atoms with E-state index in [0.717, 1.165) is 54.3 Å². The van der Waals surface area contributed by atoms with Gasteiger partial charge < -0.3 is 14.4 Å². The van der Waals surface area contributed by atoms with Gasteiger partial charge in [-0.05, 0) is 69.2 Å². The van der Waals surface area contributed by atoms with Gasteiger partial charge in [0.25, 0.3) is 0 Å². The van der Waals surface area contributed by atoms with Gasteiger partial charge in [-0.1, -0.05) is 0 Å². The van der Waals surface area contributed by atoms with E-state index in [1.807, 2.05) is 13.0 Å². The lowest BCUT2D eigenvalue weighted by molar-refractivity contribution is -0.145. The Labute approximate surface area is 259 Å². The number of rotatable bonds is 3. The largest absolute Gasteiger partial charge is 0.465 e. The molecule has 4 aromatic rings. The van der Waals surface area contributed by atoms with Gasteiger partial charge in [0, 0.05) is 55.5 Å².